The molecule has 1 nitrogen and oxygen atoms in total. The van der Waals surface area contributed by atoms with Gasteiger partial charge in [0, 0.05) is 6.20 Å². The molecule has 0 aliphatic carbocycles. The van der Waals surface area contributed by atoms with Crippen molar-refractivity contribution in [1.82, 2.24) is 4.98 Å². The number of pyridine rings is 1. The third-order valence-electron chi connectivity index (χ3n) is 1.82. The van der Waals surface area contributed by atoms with Crippen molar-refractivity contribution in [3.05, 3.63) is 61.0 Å². The number of hydrogen-bond acceptors (Lipinski definition) is 1. The zero-order chi connectivity index (χ0) is 9.68. The van der Waals surface area contributed by atoms with Crippen LogP contribution in [-0.4, -0.2) is 4.98 Å². The van der Waals surface area contributed by atoms with E-state index < -0.39 is 0 Å². The average molecular weight is 171 g/mol. The summed E-state index contributed by atoms with van der Waals surface area (Å²) < 4.78 is 0. The Morgan fingerprint density at radius 2 is 2.23 bits per heavy atom. The first-order valence-electron chi connectivity index (χ1n) is 4.15. The predicted octanol–water partition coefficient (Wildman–Crippen LogP) is 3.23. The van der Waals surface area contributed by atoms with Gasteiger partial charge < -0.3 is 0 Å². The van der Waals surface area contributed by atoms with Crippen molar-refractivity contribution in [1.29, 1.82) is 0 Å². The maximum absolute atomic E-state index is 4.21. The summed E-state index contributed by atoms with van der Waals surface area (Å²) in [5.41, 5.74) is 2.95. The monoisotopic (exact) mass is 171 g/mol. The molecule has 1 aromatic heterocycles. The fourth-order valence-electron chi connectivity index (χ4n) is 1.02. The minimum absolute atomic E-state index is 0.915. The Hall–Kier alpha value is -1.63. The highest BCUT2D eigenvalue weighted by Gasteiger charge is 1.99. The minimum Gasteiger partial charge on any atom is -0.256 e. The lowest BCUT2D eigenvalue weighted by atomic mass is 10.1. The van der Waals surface area contributed by atoms with Crippen LogP contribution in [0.1, 0.15) is 12.6 Å². The summed E-state index contributed by atoms with van der Waals surface area (Å²) >= 11 is 0. The van der Waals surface area contributed by atoms with Crippen molar-refractivity contribution in [3.8, 4) is 0 Å². The summed E-state index contributed by atoms with van der Waals surface area (Å²) in [6, 6.07) is 5.79. The summed E-state index contributed by atoms with van der Waals surface area (Å²) in [6.07, 6.45) is 5.45. The quantitative estimate of drug-likeness (QED) is 0.636. The van der Waals surface area contributed by atoms with E-state index in [1.54, 1.807) is 12.3 Å². The third-order valence-corrected chi connectivity index (χ3v) is 1.82. The molecule has 0 atom stereocenters. The summed E-state index contributed by atoms with van der Waals surface area (Å²) in [5.74, 6) is 0. The summed E-state index contributed by atoms with van der Waals surface area (Å²) in [4.78, 5) is 4.21. The van der Waals surface area contributed by atoms with Crippen LogP contribution in [-0.2, 0) is 0 Å². The molecule has 1 aromatic rings. The van der Waals surface area contributed by atoms with Crippen LogP contribution in [0.4, 0.5) is 0 Å². The second kappa shape index (κ2) is 4.41. The maximum Gasteiger partial charge on any atom is 0.0698 e. The van der Waals surface area contributed by atoms with E-state index in [1.807, 2.05) is 31.2 Å². The highest BCUT2D eigenvalue weighted by atomic mass is 14.7. The highest BCUT2D eigenvalue weighted by Crippen LogP contribution is 2.17. The summed E-state index contributed by atoms with van der Waals surface area (Å²) in [7, 11) is 0. The first kappa shape index (κ1) is 9.46. The largest absolute Gasteiger partial charge is 0.256 e. The van der Waals surface area contributed by atoms with Crippen LogP contribution < -0.4 is 0 Å². The SMILES string of the molecule is C=C/C=C(/C)C(=C)c1ccccn1. The van der Waals surface area contributed by atoms with Gasteiger partial charge in [-0.15, -0.1) is 0 Å². The second-order valence-corrected chi connectivity index (χ2v) is 2.78. The van der Waals surface area contributed by atoms with E-state index in [-0.39, 0.29) is 0 Å². The predicted molar refractivity (Wildman–Crippen MR) is 57.2 cm³/mol. The van der Waals surface area contributed by atoms with Crippen molar-refractivity contribution >= 4 is 5.57 Å². The summed E-state index contributed by atoms with van der Waals surface area (Å²) in [6.45, 7) is 9.60. The van der Waals surface area contributed by atoms with E-state index in [0.717, 1.165) is 16.8 Å². The lowest BCUT2D eigenvalue weighted by Gasteiger charge is -2.03. The van der Waals surface area contributed by atoms with Gasteiger partial charge in [-0.05, 0) is 30.2 Å². The van der Waals surface area contributed by atoms with E-state index >= 15 is 0 Å². The fraction of sp³-hybridized carbons (Fsp3) is 0.0833. The van der Waals surface area contributed by atoms with Crippen LogP contribution in [0.3, 0.4) is 0 Å². The Kier molecular flexibility index (Phi) is 3.21. The molecule has 1 heterocycles. The Bertz CT molecular complexity index is 333. The van der Waals surface area contributed by atoms with Gasteiger partial charge >= 0.3 is 0 Å². The van der Waals surface area contributed by atoms with Gasteiger partial charge in [-0.2, -0.15) is 0 Å². The molecule has 0 fully saturated rings. The molecule has 0 amide bonds. The number of hydrogen-bond donors (Lipinski definition) is 0. The van der Waals surface area contributed by atoms with Gasteiger partial charge in [0.25, 0.3) is 0 Å². The fourth-order valence-corrected chi connectivity index (χ4v) is 1.02. The Labute approximate surface area is 79.1 Å². The maximum atomic E-state index is 4.21. The topological polar surface area (TPSA) is 12.9 Å². The van der Waals surface area contributed by atoms with Gasteiger partial charge in [-0.1, -0.05) is 31.4 Å². The van der Waals surface area contributed by atoms with Crippen LogP contribution in [0.15, 0.2) is 55.3 Å². The lowest BCUT2D eigenvalue weighted by Crippen LogP contribution is -1.87. The first-order chi connectivity index (χ1) is 6.25. The molecule has 0 saturated carbocycles. The van der Waals surface area contributed by atoms with Crippen molar-refractivity contribution in [3.63, 3.8) is 0 Å². The number of aromatic nitrogens is 1. The molecule has 1 heteroatoms. The molecule has 1 rings (SSSR count). The van der Waals surface area contributed by atoms with Gasteiger partial charge in [-0.3, -0.25) is 4.98 Å². The van der Waals surface area contributed by atoms with E-state index in [4.69, 9.17) is 0 Å². The van der Waals surface area contributed by atoms with E-state index in [2.05, 4.69) is 18.1 Å². The lowest BCUT2D eigenvalue weighted by molar-refractivity contribution is 1.27. The van der Waals surface area contributed by atoms with Crippen LogP contribution in [0.5, 0.6) is 0 Å². The van der Waals surface area contributed by atoms with Crippen LogP contribution in [0, 0.1) is 0 Å². The molecule has 13 heavy (non-hydrogen) atoms. The normalized spacial score (nSPS) is 11.0. The van der Waals surface area contributed by atoms with Gasteiger partial charge in [0.15, 0.2) is 0 Å². The first-order valence-corrected chi connectivity index (χ1v) is 4.15. The number of rotatable bonds is 3. The van der Waals surface area contributed by atoms with Crippen molar-refractivity contribution < 1.29 is 0 Å². The molecule has 0 unspecified atom stereocenters. The Balaban J connectivity index is 2.92. The molecular weight excluding hydrogens is 158 g/mol. The van der Waals surface area contributed by atoms with Gasteiger partial charge in [0.1, 0.15) is 0 Å². The minimum atomic E-state index is 0.915. The zero-order valence-corrected chi connectivity index (χ0v) is 7.83. The molecular formula is C12H13N. The average Bonchev–Trinajstić information content (AvgIpc) is 2.18. The zero-order valence-electron chi connectivity index (χ0n) is 7.83. The van der Waals surface area contributed by atoms with Crippen LogP contribution in [0.25, 0.3) is 5.57 Å². The molecule has 0 bridgehead atoms. The molecule has 0 saturated heterocycles. The highest BCUT2D eigenvalue weighted by molar-refractivity contribution is 5.74. The smallest absolute Gasteiger partial charge is 0.0698 e. The molecule has 0 radical (unpaired) electrons. The van der Waals surface area contributed by atoms with E-state index in [0.29, 0.717) is 0 Å². The molecule has 0 aliphatic rings. The third kappa shape index (κ3) is 2.41. The molecule has 0 aliphatic heterocycles. The van der Waals surface area contributed by atoms with Crippen molar-refractivity contribution in [2.75, 3.05) is 0 Å². The molecule has 66 valence electrons. The van der Waals surface area contributed by atoms with Gasteiger partial charge in [0.05, 0.1) is 5.69 Å². The summed E-state index contributed by atoms with van der Waals surface area (Å²) in [5, 5.41) is 0. The molecule has 0 N–H and O–H groups in total. The van der Waals surface area contributed by atoms with Crippen molar-refractivity contribution in [2.24, 2.45) is 0 Å². The Morgan fingerprint density at radius 1 is 1.46 bits per heavy atom. The Morgan fingerprint density at radius 3 is 2.77 bits per heavy atom. The number of allylic oxidation sites excluding steroid dienone is 4. The number of nitrogens with zero attached hydrogens (tertiary/aromatic N) is 1. The molecule has 0 aromatic carbocycles. The van der Waals surface area contributed by atoms with Crippen molar-refractivity contribution in [2.45, 2.75) is 6.92 Å². The second-order valence-electron chi connectivity index (χ2n) is 2.78. The van der Waals surface area contributed by atoms with Gasteiger partial charge in [0.2, 0.25) is 0 Å². The van der Waals surface area contributed by atoms with E-state index in [9.17, 15) is 0 Å². The van der Waals surface area contributed by atoms with Gasteiger partial charge in [-0.25, -0.2) is 0 Å². The van der Waals surface area contributed by atoms with E-state index in [1.165, 1.54) is 0 Å². The van der Waals surface area contributed by atoms with Crippen LogP contribution in [0.2, 0.25) is 0 Å². The van der Waals surface area contributed by atoms with Crippen LogP contribution >= 0.6 is 0 Å². The molecule has 0 spiro atoms. The standard InChI is InChI=1S/C12H13N/c1-4-7-10(2)11(3)12-8-5-6-9-13-12/h4-9H,1,3H2,2H3/b10-7-.